The highest BCUT2D eigenvalue weighted by molar-refractivity contribution is 5.96. The first-order valence-corrected chi connectivity index (χ1v) is 8.56. The molecule has 0 aromatic heterocycles. The van der Waals surface area contributed by atoms with E-state index in [2.05, 4.69) is 10.6 Å². The van der Waals surface area contributed by atoms with Crippen molar-refractivity contribution in [3.05, 3.63) is 65.7 Å². The molecule has 0 saturated heterocycles. The molecule has 2 amide bonds. The molecule has 0 spiro atoms. The van der Waals surface area contributed by atoms with E-state index in [1.54, 1.807) is 24.3 Å². The van der Waals surface area contributed by atoms with Gasteiger partial charge in [0.1, 0.15) is 6.61 Å². The average Bonchev–Trinajstić information content (AvgIpc) is 2.66. The van der Waals surface area contributed by atoms with E-state index in [1.807, 2.05) is 30.3 Å². The molecule has 7 heteroatoms. The third kappa shape index (κ3) is 7.70. The summed E-state index contributed by atoms with van der Waals surface area (Å²) in [7, 11) is 0. The molecular weight excluding hydrogens is 348 g/mol. The van der Waals surface area contributed by atoms with Gasteiger partial charge in [0.2, 0.25) is 5.91 Å². The van der Waals surface area contributed by atoms with Gasteiger partial charge in [-0.25, -0.2) is 0 Å². The summed E-state index contributed by atoms with van der Waals surface area (Å²) in [4.78, 5) is 34.1. The molecule has 0 bridgehead atoms. The topological polar surface area (TPSA) is 105 Å². The summed E-state index contributed by atoms with van der Waals surface area (Å²) >= 11 is 0. The maximum atomic E-state index is 11.9. The van der Waals surface area contributed by atoms with Gasteiger partial charge in [-0.1, -0.05) is 30.3 Å². The molecule has 0 atom stereocenters. The van der Waals surface area contributed by atoms with Crippen LogP contribution in [0.1, 0.15) is 22.3 Å². The lowest BCUT2D eigenvalue weighted by Crippen LogP contribution is -2.26. The predicted octanol–water partition coefficient (Wildman–Crippen LogP) is 2.09. The van der Waals surface area contributed by atoms with Gasteiger partial charge < -0.3 is 20.5 Å². The maximum absolute atomic E-state index is 11.9. The minimum absolute atomic E-state index is 0.0513. The van der Waals surface area contributed by atoms with E-state index in [0.29, 0.717) is 17.9 Å². The first kappa shape index (κ1) is 20.1. The Morgan fingerprint density at radius 1 is 0.963 bits per heavy atom. The molecule has 0 unspecified atom stereocenters. The number of rotatable bonds is 10. The van der Waals surface area contributed by atoms with Crippen LogP contribution in [0.4, 0.5) is 5.69 Å². The summed E-state index contributed by atoms with van der Waals surface area (Å²) in [5, 5.41) is 13.8. The Kier molecular flexibility index (Phi) is 7.99. The summed E-state index contributed by atoms with van der Waals surface area (Å²) in [6.45, 7) is 0.462. The molecule has 0 fully saturated rings. The molecule has 27 heavy (non-hydrogen) atoms. The van der Waals surface area contributed by atoms with Crippen molar-refractivity contribution in [3.63, 3.8) is 0 Å². The largest absolute Gasteiger partial charge is 0.481 e. The fourth-order valence-electron chi connectivity index (χ4n) is 2.29. The zero-order chi connectivity index (χ0) is 19.5. The van der Waals surface area contributed by atoms with Crippen LogP contribution in [-0.2, 0) is 20.7 Å². The van der Waals surface area contributed by atoms with Gasteiger partial charge in [0.25, 0.3) is 5.91 Å². The Hall–Kier alpha value is -3.19. The van der Waals surface area contributed by atoms with E-state index in [-0.39, 0.29) is 31.4 Å². The number of aliphatic carboxylic acids is 1. The number of carboxylic acid groups (broad SMARTS) is 1. The van der Waals surface area contributed by atoms with Gasteiger partial charge in [-0.3, -0.25) is 14.4 Å². The number of hydrogen-bond acceptors (Lipinski definition) is 4. The van der Waals surface area contributed by atoms with Crippen molar-refractivity contribution < 1.29 is 24.2 Å². The molecule has 0 aliphatic rings. The molecule has 0 heterocycles. The van der Waals surface area contributed by atoms with Gasteiger partial charge in [0, 0.05) is 17.8 Å². The lowest BCUT2D eigenvalue weighted by atomic mass is 10.2. The van der Waals surface area contributed by atoms with Crippen molar-refractivity contribution in [3.8, 4) is 0 Å². The first-order valence-electron chi connectivity index (χ1n) is 8.56. The fraction of sp³-hybridized carbons (Fsp3) is 0.250. The fourth-order valence-corrected chi connectivity index (χ4v) is 2.29. The van der Waals surface area contributed by atoms with Crippen LogP contribution < -0.4 is 10.6 Å². The SMILES string of the molecule is O=C(O)CCNC(=O)c1ccc(NC(=O)COCCc2ccccc2)cc1. The smallest absolute Gasteiger partial charge is 0.305 e. The van der Waals surface area contributed by atoms with E-state index in [1.165, 1.54) is 0 Å². The quantitative estimate of drug-likeness (QED) is 0.556. The highest BCUT2D eigenvalue weighted by Gasteiger charge is 2.07. The van der Waals surface area contributed by atoms with Crippen LogP contribution in [-0.4, -0.2) is 42.6 Å². The second-order valence-corrected chi connectivity index (χ2v) is 5.81. The summed E-state index contributed by atoms with van der Waals surface area (Å²) in [5.41, 5.74) is 2.08. The number of carbonyl (C=O) groups excluding carboxylic acids is 2. The summed E-state index contributed by atoms with van der Waals surface area (Å²) in [6, 6.07) is 16.2. The van der Waals surface area contributed by atoms with Crippen molar-refractivity contribution >= 4 is 23.5 Å². The summed E-state index contributed by atoms with van der Waals surface area (Å²) < 4.78 is 5.37. The van der Waals surface area contributed by atoms with Crippen LogP contribution in [0, 0.1) is 0 Å². The number of nitrogens with one attached hydrogen (secondary N) is 2. The maximum Gasteiger partial charge on any atom is 0.305 e. The first-order chi connectivity index (χ1) is 13.0. The van der Waals surface area contributed by atoms with Gasteiger partial charge in [-0.2, -0.15) is 0 Å². The number of hydrogen-bond donors (Lipinski definition) is 3. The summed E-state index contributed by atoms with van der Waals surface area (Å²) in [5.74, 6) is -1.61. The molecular formula is C20H22N2O5. The third-order valence-corrected chi connectivity index (χ3v) is 3.67. The van der Waals surface area contributed by atoms with Gasteiger partial charge in [-0.15, -0.1) is 0 Å². The van der Waals surface area contributed by atoms with E-state index in [9.17, 15) is 14.4 Å². The van der Waals surface area contributed by atoms with Crippen molar-refractivity contribution in [2.45, 2.75) is 12.8 Å². The van der Waals surface area contributed by atoms with Crippen LogP contribution in [0.25, 0.3) is 0 Å². The van der Waals surface area contributed by atoms with E-state index < -0.39 is 5.97 Å². The van der Waals surface area contributed by atoms with Gasteiger partial charge in [0.15, 0.2) is 0 Å². The third-order valence-electron chi connectivity index (χ3n) is 3.67. The highest BCUT2D eigenvalue weighted by Crippen LogP contribution is 2.09. The van der Waals surface area contributed by atoms with E-state index in [0.717, 1.165) is 12.0 Å². The molecule has 0 radical (unpaired) electrons. The van der Waals surface area contributed by atoms with Crippen LogP contribution in [0.5, 0.6) is 0 Å². The molecule has 7 nitrogen and oxygen atoms in total. The number of amides is 2. The minimum atomic E-state index is -0.973. The monoisotopic (exact) mass is 370 g/mol. The molecule has 2 aromatic carbocycles. The second-order valence-electron chi connectivity index (χ2n) is 5.81. The molecule has 3 N–H and O–H groups in total. The Morgan fingerprint density at radius 2 is 1.67 bits per heavy atom. The molecule has 0 saturated carbocycles. The lowest BCUT2D eigenvalue weighted by Gasteiger charge is -2.08. The normalized spacial score (nSPS) is 10.2. The van der Waals surface area contributed by atoms with Crippen LogP contribution in [0.15, 0.2) is 54.6 Å². The summed E-state index contributed by atoms with van der Waals surface area (Å²) in [6.07, 6.45) is 0.601. The van der Waals surface area contributed by atoms with Crippen LogP contribution in [0.2, 0.25) is 0 Å². The number of carboxylic acids is 1. The Labute approximate surface area is 157 Å². The molecule has 142 valence electrons. The van der Waals surface area contributed by atoms with Gasteiger partial charge in [-0.05, 0) is 36.2 Å². The molecule has 0 aliphatic carbocycles. The molecule has 0 aliphatic heterocycles. The number of anilines is 1. The number of benzene rings is 2. The number of carbonyl (C=O) groups is 3. The predicted molar refractivity (Wildman–Crippen MR) is 101 cm³/mol. The molecule has 2 rings (SSSR count). The highest BCUT2D eigenvalue weighted by atomic mass is 16.5. The standard InChI is InChI=1S/C20H22N2O5/c23-18(14-27-13-11-15-4-2-1-3-5-15)22-17-8-6-16(7-9-17)20(26)21-12-10-19(24)25/h1-9H,10-14H2,(H,21,26)(H,22,23)(H,24,25). The zero-order valence-electron chi connectivity index (χ0n) is 14.8. The van der Waals surface area contributed by atoms with Crippen molar-refractivity contribution in [1.29, 1.82) is 0 Å². The Balaban J connectivity index is 1.69. The van der Waals surface area contributed by atoms with Crippen LogP contribution >= 0.6 is 0 Å². The van der Waals surface area contributed by atoms with E-state index >= 15 is 0 Å². The van der Waals surface area contributed by atoms with Gasteiger partial charge in [0.05, 0.1) is 13.0 Å². The number of ether oxygens (including phenoxy) is 1. The van der Waals surface area contributed by atoms with Crippen molar-refractivity contribution in [2.75, 3.05) is 25.1 Å². The van der Waals surface area contributed by atoms with Crippen molar-refractivity contribution in [2.24, 2.45) is 0 Å². The Bertz CT molecular complexity index is 760. The molecule has 2 aromatic rings. The second kappa shape index (κ2) is 10.7. The lowest BCUT2D eigenvalue weighted by molar-refractivity contribution is -0.136. The minimum Gasteiger partial charge on any atom is -0.481 e. The van der Waals surface area contributed by atoms with Gasteiger partial charge >= 0.3 is 5.97 Å². The van der Waals surface area contributed by atoms with Crippen molar-refractivity contribution in [1.82, 2.24) is 5.32 Å². The Morgan fingerprint density at radius 3 is 2.33 bits per heavy atom. The van der Waals surface area contributed by atoms with Crippen LogP contribution in [0.3, 0.4) is 0 Å². The van der Waals surface area contributed by atoms with E-state index in [4.69, 9.17) is 9.84 Å². The zero-order valence-corrected chi connectivity index (χ0v) is 14.8. The average molecular weight is 370 g/mol.